The van der Waals surface area contributed by atoms with Crippen LogP contribution >= 0.6 is 0 Å². The van der Waals surface area contributed by atoms with Crippen molar-refractivity contribution < 1.29 is 4.39 Å². The number of fused-ring (bicyclic) bond motifs is 1. The van der Waals surface area contributed by atoms with Crippen LogP contribution in [-0.4, -0.2) is 4.98 Å². The molecule has 14 heavy (non-hydrogen) atoms. The molecule has 0 atom stereocenters. The van der Waals surface area contributed by atoms with Gasteiger partial charge in [-0.15, -0.1) is 0 Å². The van der Waals surface area contributed by atoms with Crippen molar-refractivity contribution in [2.24, 2.45) is 5.73 Å². The number of hydrogen-bond donors (Lipinski definition) is 1. The third kappa shape index (κ3) is 1.36. The van der Waals surface area contributed by atoms with Crippen LogP contribution in [0.5, 0.6) is 0 Å². The third-order valence-corrected chi connectivity index (χ3v) is 2.33. The van der Waals surface area contributed by atoms with E-state index in [0.29, 0.717) is 6.54 Å². The molecule has 2 nitrogen and oxygen atoms in total. The van der Waals surface area contributed by atoms with E-state index in [2.05, 4.69) is 4.98 Å². The molecule has 1 aromatic heterocycles. The summed E-state index contributed by atoms with van der Waals surface area (Å²) in [5.74, 6) is -0.256. The minimum Gasteiger partial charge on any atom is -0.326 e. The molecule has 72 valence electrons. The highest BCUT2D eigenvalue weighted by atomic mass is 19.1. The summed E-state index contributed by atoms with van der Waals surface area (Å²) < 4.78 is 13.2. The molecule has 0 saturated carbocycles. The first-order valence-electron chi connectivity index (χ1n) is 4.46. The highest BCUT2D eigenvalue weighted by Crippen LogP contribution is 2.21. The Labute approximate surface area is 81.6 Å². The van der Waals surface area contributed by atoms with E-state index in [0.717, 1.165) is 22.0 Å². The summed E-state index contributed by atoms with van der Waals surface area (Å²) in [4.78, 5) is 4.21. The van der Waals surface area contributed by atoms with Crippen LogP contribution in [0.25, 0.3) is 10.9 Å². The average Bonchev–Trinajstić information content (AvgIpc) is 2.18. The molecule has 0 amide bonds. The first-order chi connectivity index (χ1) is 6.72. The van der Waals surface area contributed by atoms with E-state index in [9.17, 15) is 4.39 Å². The third-order valence-electron chi connectivity index (χ3n) is 2.33. The zero-order valence-electron chi connectivity index (χ0n) is 7.92. The van der Waals surface area contributed by atoms with Gasteiger partial charge in [-0.25, -0.2) is 4.39 Å². The monoisotopic (exact) mass is 190 g/mol. The molecule has 0 aliphatic heterocycles. The number of pyridine rings is 1. The molecule has 0 saturated heterocycles. The Balaban J connectivity index is 2.87. The lowest BCUT2D eigenvalue weighted by Gasteiger charge is -2.05. The number of rotatable bonds is 1. The Morgan fingerprint density at radius 1 is 1.43 bits per heavy atom. The Kier molecular flexibility index (Phi) is 2.17. The van der Waals surface area contributed by atoms with E-state index < -0.39 is 0 Å². The Hall–Kier alpha value is -1.48. The Morgan fingerprint density at radius 3 is 2.93 bits per heavy atom. The number of aryl methyl sites for hydroxylation is 1. The van der Waals surface area contributed by atoms with Gasteiger partial charge in [0.2, 0.25) is 0 Å². The standard InChI is InChI=1S/C11H11FN2/c1-7-2-3-14-11-8(6-13)4-9(12)5-10(7)11/h2-5H,6,13H2,1H3. The maximum absolute atomic E-state index is 13.2. The van der Waals surface area contributed by atoms with E-state index in [1.165, 1.54) is 12.1 Å². The van der Waals surface area contributed by atoms with E-state index >= 15 is 0 Å². The molecule has 1 aromatic carbocycles. The highest BCUT2D eigenvalue weighted by molar-refractivity contribution is 5.84. The minimum atomic E-state index is -0.256. The predicted octanol–water partition coefficient (Wildman–Crippen LogP) is 2.14. The second-order valence-electron chi connectivity index (χ2n) is 3.29. The van der Waals surface area contributed by atoms with Gasteiger partial charge in [0.15, 0.2) is 0 Å². The first kappa shape index (κ1) is 9.09. The van der Waals surface area contributed by atoms with Gasteiger partial charge < -0.3 is 5.73 Å². The fourth-order valence-electron chi connectivity index (χ4n) is 1.58. The first-order valence-corrected chi connectivity index (χ1v) is 4.46. The Bertz CT molecular complexity index is 480. The second-order valence-corrected chi connectivity index (χ2v) is 3.29. The van der Waals surface area contributed by atoms with Crippen LogP contribution in [-0.2, 0) is 6.54 Å². The van der Waals surface area contributed by atoms with Crippen LogP contribution < -0.4 is 5.73 Å². The summed E-state index contributed by atoms with van der Waals surface area (Å²) in [6, 6.07) is 4.80. The van der Waals surface area contributed by atoms with Crippen LogP contribution in [0.4, 0.5) is 4.39 Å². The zero-order valence-corrected chi connectivity index (χ0v) is 7.92. The SMILES string of the molecule is Cc1ccnc2c(CN)cc(F)cc12. The highest BCUT2D eigenvalue weighted by Gasteiger charge is 2.05. The largest absolute Gasteiger partial charge is 0.326 e. The van der Waals surface area contributed by atoms with Gasteiger partial charge >= 0.3 is 0 Å². The molecule has 0 radical (unpaired) electrons. The maximum atomic E-state index is 13.2. The molecular weight excluding hydrogens is 179 g/mol. The average molecular weight is 190 g/mol. The molecule has 0 bridgehead atoms. The summed E-state index contributed by atoms with van der Waals surface area (Å²) in [6.45, 7) is 2.24. The van der Waals surface area contributed by atoms with Crippen LogP contribution in [0.1, 0.15) is 11.1 Å². The van der Waals surface area contributed by atoms with Crippen molar-refractivity contribution in [1.29, 1.82) is 0 Å². The van der Waals surface area contributed by atoms with Gasteiger partial charge in [0.25, 0.3) is 0 Å². The number of nitrogens with two attached hydrogens (primary N) is 1. The fourth-order valence-corrected chi connectivity index (χ4v) is 1.58. The lowest BCUT2D eigenvalue weighted by Crippen LogP contribution is -2.00. The Morgan fingerprint density at radius 2 is 2.21 bits per heavy atom. The number of hydrogen-bond acceptors (Lipinski definition) is 2. The van der Waals surface area contributed by atoms with Gasteiger partial charge in [-0.1, -0.05) is 0 Å². The minimum absolute atomic E-state index is 0.256. The number of benzene rings is 1. The molecule has 2 rings (SSSR count). The van der Waals surface area contributed by atoms with Crippen molar-refractivity contribution in [2.75, 3.05) is 0 Å². The normalized spacial score (nSPS) is 10.8. The molecule has 3 heteroatoms. The van der Waals surface area contributed by atoms with Crippen LogP contribution in [0, 0.1) is 12.7 Å². The van der Waals surface area contributed by atoms with Crippen LogP contribution in [0.15, 0.2) is 24.4 Å². The van der Waals surface area contributed by atoms with E-state index in [4.69, 9.17) is 5.73 Å². The van der Waals surface area contributed by atoms with Gasteiger partial charge in [-0.2, -0.15) is 0 Å². The van der Waals surface area contributed by atoms with Crippen molar-refractivity contribution in [3.63, 3.8) is 0 Å². The second kappa shape index (κ2) is 3.35. The fraction of sp³-hybridized carbons (Fsp3) is 0.182. The van der Waals surface area contributed by atoms with Gasteiger partial charge in [-0.3, -0.25) is 4.98 Å². The van der Waals surface area contributed by atoms with Crippen molar-refractivity contribution in [3.05, 3.63) is 41.3 Å². The lowest BCUT2D eigenvalue weighted by atomic mass is 10.1. The predicted molar refractivity (Wildman–Crippen MR) is 54.3 cm³/mol. The van der Waals surface area contributed by atoms with Gasteiger partial charge in [0, 0.05) is 18.1 Å². The topological polar surface area (TPSA) is 38.9 Å². The molecule has 0 fully saturated rings. The van der Waals surface area contributed by atoms with Gasteiger partial charge in [-0.05, 0) is 36.2 Å². The van der Waals surface area contributed by atoms with Crippen molar-refractivity contribution in [3.8, 4) is 0 Å². The van der Waals surface area contributed by atoms with Crippen molar-refractivity contribution in [2.45, 2.75) is 13.5 Å². The van der Waals surface area contributed by atoms with E-state index in [-0.39, 0.29) is 5.82 Å². The summed E-state index contributed by atoms with van der Waals surface area (Å²) in [7, 11) is 0. The number of aromatic nitrogens is 1. The molecule has 2 N–H and O–H groups in total. The van der Waals surface area contributed by atoms with Crippen LogP contribution in [0.2, 0.25) is 0 Å². The van der Waals surface area contributed by atoms with Crippen LogP contribution in [0.3, 0.4) is 0 Å². The summed E-state index contributed by atoms with van der Waals surface area (Å²) in [5, 5.41) is 0.841. The summed E-state index contributed by atoms with van der Waals surface area (Å²) >= 11 is 0. The molecule has 2 aromatic rings. The molecule has 0 spiro atoms. The maximum Gasteiger partial charge on any atom is 0.124 e. The lowest BCUT2D eigenvalue weighted by molar-refractivity contribution is 0.627. The molecule has 0 aliphatic carbocycles. The summed E-state index contributed by atoms with van der Waals surface area (Å²) in [6.07, 6.45) is 1.72. The quantitative estimate of drug-likeness (QED) is 0.748. The van der Waals surface area contributed by atoms with Crippen molar-refractivity contribution >= 4 is 10.9 Å². The summed E-state index contributed by atoms with van der Waals surface area (Å²) in [5.41, 5.74) is 8.10. The smallest absolute Gasteiger partial charge is 0.124 e. The number of nitrogens with zero attached hydrogens (tertiary/aromatic N) is 1. The van der Waals surface area contributed by atoms with Gasteiger partial charge in [0.1, 0.15) is 5.82 Å². The van der Waals surface area contributed by atoms with Crippen molar-refractivity contribution in [1.82, 2.24) is 4.98 Å². The number of halogens is 1. The molecule has 0 unspecified atom stereocenters. The van der Waals surface area contributed by atoms with E-state index in [1.54, 1.807) is 6.20 Å². The molecular formula is C11H11FN2. The van der Waals surface area contributed by atoms with Gasteiger partial charge in [0.05, 0.1) is 5.52 Å². The molecule has 0 aliphatic rings. The molecule has 1 heterocycles. The van der Waals surface area contributed by atoms with E-state index in [1.807, 2.05) is 13.0 Å². The zero-order chi connectivity index (χ0) is 10.1.